The van der Waals surface area contributed by atoms with Crippen LogP contribution in [0.5, 0.6) is 0 Å². The van der Waals surface area contributed by atoms with Crippen LogP contribution in [0.15, 0.2) is 0 Å². The van der Waals surface area contributed by atoms with Crippen molar-refractivity contribution in [1.29, 1.82) is 0 Å². The Balaban J connectivity index is -0.000000368. The summed E-state index contributed by atoms with van der Waals surface area (Å²) in [6, 6.07) is 0. The number of nitrogens with zero attached hydrogens (tertiary/aromatic N) is 1. The number of aliphatic hydroxyl groups excluding tert-OH is 3. The first kappa shape index (κ1) is 31.9. The number of carboxylic acids is 1. The third kappa shape index (κ3) is 36.2. The molecule has 0 heterocycles. The van der Waals surface area contributed by atoms with E-state index in [4.69, 9.17) is 26.2 Å². The summed E-state index contributed by atoms with van der Waals surface area (Å²) < 4.78 is 0. The van der Waals surface area contributed by atoms with Gasteiger partial charge < -0.3 is 26.2 Å². The van der Waals surface area contributed by atoms with Gasteiger partial charge in [-0.15, -0.1) is 0 Å². The van der Waals surface area contributed by atoms with Crippen LogP contribution in [0.25, 0.3) is 0 Å². The van der Waals surface area contributed by atoms with Crippen molar-refractivity contribution in [2.45, 2.75) is 84.5 Å². The van der Waals surface area contributed by atoms with Gasteiger partial charge >= 0.3 is 5.97 Å². The van der Waals surface area contributed by atoms with Crippen molar-refractivity contribution in [3.63, 3.8) is 0 Å². The number of rotatable bonds is 17. The molecule has 0 aromatic rings. The molecule has 0 rings (SSSR count). The standard InChI is InChI=1S/C12H27N.C6H15NO3.C3H6O2/c1-2-3-4-5-6-7-8-9-10-11-12-13;8-4-1-7(2-5-9)3-6-10;1-2-3(4)5/h2-13H2,1H3;8-10H,1-6H2;2H2,1H3,(H,4,5). The van der Waals surface area contributed by atoms with Crippen molar-refractivity contribution in [2.24, 2.45) is 5.73 Å². The molecule has 0 unspecified atom stereocenters. The molecule has 0 aromatic heterocycles. The molecular formula is C21H48N2O5. The maximum atomic E-state index is 9.37. The van der Waals surface area contributed by atoms with E-state index in [2.05, 4.69) is 6.92 Å². The minimum absolute atomic E-state index is 0.0694. The number of hydrogen-bond donors (Lipinski definition) is 5. The highest BCUT2D eigenvalue weighted by Gasteiger charge is 2.00. The SMILES string of the molecule is CCC(=O)O.CCCCCCCCCCCCN.OCCN(CCO)CCO. The zero-order valence-corrected chi connectivity index (χ0v) is 18.4. The van der Waals surface area contributed by atoms with E-state index < -0.39 is 5.97 Å². The zero-order chi connectivity index (χ0) is 21.9. The molecule has 7 heteroatoms. The second kappa shape index (κ2) is 31.0. The molecule has 0 bridgehead atoms. The minimum Gasteiger partial charge on any atom is -0.481 e. The van der Waals surface area contributed by atoms with Gasteiger partial charge in [-0.25, -0.2) is 0 Å². The molecule has 0 aromatic carbocycles. The van der Waals surface area contributed by atoms with Crippen LogP contribution >= 0.6 is 0 Å². The number of hydrogen-bond acceptors (Lipinski definition) is 6. The largest absolute Gasteiger partial charge is 0.481 e. The highest BCUT2D eigenvalue weighted by molar-refractivity contribution is 5.66. The second-order valence-corrected chi connectivity index (χ2v) is 6.73. The molecule has 0 saturated heterocycles. The average Bonchev–Trinajstić information content (AvgIpc) is 2.68. The summed E-state index contributed by atoms with van der Waals surface area (Å²) in [5.74, 6) is -0.745. The van der Waals surface area contributed by atoms with Crippen LogP contribution in [0.3, 0.4) is 0 Å². The van der Waals surface area contributed by atoms with Crippen LogP contribution in [0, 0.1) is 0 Å². The van der Waals surface area contributed by atoms with Crippen LogP contribution in [0.1, 0.15) is 84.5 Å². The highest BCUT2D eigenvalue weighted by Crippen LogP contribution is 2.09. The molecule has 0 spiro atoms. The van der Waals surface area contributed by atoms with Crippen LogP contribution in [-0.4, -0.2) is 77.3 Å². The predicted octanol–water partition coefficient (Wildman–Crippen LogP) is 2.61. The summed E-state index contributed by atoms with van der Waals surface area (Å²) in [5.41, 5.74) is 5.42. The summed E-state index contributed by atoms with van der Waals surface area (Å²) in [5, 5.41) is 33.2. The lowest BCUT2D eigenvalue weighted by molar-refractivity contribution is -0.136. The number of aliphatic hydroxyl groups is 3. The summed E-state index contributed by atoms with van der Waals surface area (Å²) in [4.78, 5) is 11.2. The van der Waals surface area contributed by atoms with Crippen LogP contribution in [0.2, 0.25) is 0 Å². The molecule has 28 heavy (non-hydrogen) atoms. The van der Waals surface area contributed by atoms with Gasteiger partial charge in [0.2, 0.25) is 0 Å². The monoisotopic (exact) mass is 408 g/mol. The van der Waals surface area contributed by atoms with Crippen molar-refractivity contribution in [3.05, 3.63) is 0 Å². The summed E-state index contributed by atoms with van der Waals surface area (Å²) in [6.45, 7) is 6.50. The Kier molecular flexibility index (Phi) is 35.3. The van der Waals surface area contributed by atoms with E-state index in [1.807, 2.05) is 0 Å². The van der Waals surface area contributed by atoms with E-state index in [9.17, 15) is 4.79 Å². The Bertz CT molecular complexity index is 257. The Morgan fingerprint density at radius 2 is 1.04 bits per heavy atom. The third-order valence-corrected chi connectivity index (χ3v) is 4.11. The number of unbranched alkanes of at least 4 members (excludes halogenated alkanes) is 9. The van der Waals surface area contributed by atoms with Gasteiger partial charge in [-0.3, -0.25) is 9.69 Å². The number of carboxylic acid groups (broad SMARTS) is 1. The van der Waals surface area contributed by atoms with Crippen LogP contribution < -0.4 is 5.73 Å². The normalized spacial score (nSPS) is 10.1. The van der Waals surface area contributed by atoms with Crippen LogP contribution in [0.4, 0.5) is 0 Å². The van der Waals surface area contributed by atoms with E-state index in [-0.39, 0.29) is 26.2 Å². The summed E-state index contributed by atoms with van der Waals surface area (Å²) >= 11 is 0. The highest BCUT2D eigenvalue weighted by atomic mass is 16.4. The molecule has 6 N–H and O–H groups in total. The Hall–Kier alpha value is -0.730. The summed E-state index contributed by atoms with van der Waals surface area (Å²) in [7, 11) is 0. The number of aliphatic carboxylic acids is 1. The fourth-order valence-corrected chi connectivity index (χ4v) is 2.39. The van der Waals surface area contributed by atoms with E-state index >= 15 is 0 Å². The predicted molar refractivity (Wildman–Crippen MR) is 117 cm³/mol. The lowest BCUT2D eigenvalue weighted by atomic mass is 10.1. The second-order valence-electron chi connectivity index (χ2n) is 6.73. The third-order valence-electron chi connectivity index (χ3n) is 4.11. The quantitative estimate of drug-likeness (QED) is 0.234. The van der Waals surface area contributed by atoms with Crippen molar-refractivity contribution in [1.82, 2.24) is 4.90 Å². The first-order chi connectivity index (χ1) is 13.5. The number of nitrogens with two attached hydrogens (primary N) is 1. The van der Waals surface area contributed by atoms with E-state index in [1.165, 1.54) is 64.2 Å². The van der Waals surface area contributed by atoms with Crippen molar-refractivity contribution in [3.8, 4) is 0 Å². The van der Waals surface area contributed by atoms with Gasteiger partial charge in [0.25, 0.3) is 0 Å². The minimum atomic E-state index is -0.745. The van der Waals surface area contributed by atoms with Gasteiger partial charge in [-0.1, -0.05) is 71.6 Å². The molecule has 0 aliphatic rings. The van der Waals surface area contributed by atoms with E-state index in [1.54, 1.807) is 11.8 Å². The van der Waals surface area contributed by atoms with E-state index in [0.29, 0.717) is 19.6 Å². The van der Waals surface area contributed by atoms with Gasteiger partial charge in [0.15, 0.2) is 0 Å². The molecule has 0 amide bonds. The molecular weight excluding hydrogens is 360 g/mol. The van der Waals surface area contributed by atoms with Gasteiger partial charge in [0.1, 0.15) is 0 Å². The van der Waals surface area contributed by atoms with Gasteiger partial charge in [-0.2, -0.15) is 0 Å². The van der Waals surface area contributed by atoms with Crippen molar-refractivity contribution in [2.75, 3.05) is 46.0 Å². The van der Waals surface area contributed by atoms with E-state index in [0.717, 1.165) is 6.54 Å². The molecule has 172 valence electrons. The van der Waals surface area contributed by atoms with Gasteiger partial charge in [0, 0.05) is 26.1 Å². The molecule has 0 aliphatic carbocycles. The van der Waals surface area contributed by atoms with Gasteiger partial charge in [-0.05, 0) is 13.0 Å². The molecule has 0 fully saturated rings. The topological polar surface area (TPSA) is 127 Å². The first-order valence-electron chi connectivity index (χ1n) is 11.0. The van der Waals surface area contributed by atoms with Crippen molar-refractivity contribution >= 4 is 5.97 Å². The summed E-state index contributed by atoms with van der Waals surface area (Å²) in [6.07, 6.45) is 14.2. The number of carbonyl (C=O) groups is 1. The Morgan fingerprint density at radius 3 is 1.29 bits per heavy atom. The Labute approximate surface area is 172 Å². The Morgan fingerprint density at radius 1 is 0.714 bits per heavy atom. The molecule has 0 radical (unpaired) electrons. The smallest absolute Gasteiger partial charge is 0.303 e. The fourth-order valence-electron chi connectivity index (χ4n) is 2.39. The van der Waals surface area contributed by atoms with Crippen LogP contribution in [-0.2, 0) is 4.79 Å². The van der Waals surface area contributed by atoms with Gasteiger partial charge in [0.05, 0.1) is 19.8 Å². The molecule has 0 saturated carbocycles. The van der Waals surface area contributed by atoms with Crippen molar-refractivity contribution < 1.29 is 25.2 Å². The molecule has 0 atom stereocenters. The lowest BCUT2D eigenvalue weighted by Gasteiger charge is -2.17. The fraction of sp³-hybridized carbons (Fsp3) is 0.952. The maximum Gasteiger partial charge on any atom is 0.303 e. The molecule has 7 nitrogen and oxygen atoms in total. The first-order valence-corrected chi connectivity index (χ1v) is 11.0. The maximum absolute atomic E-state index is 9.37. The average molecular weight is 409 g/mol. The zero-order valence-electron chi connectivity index (χ0n) is 18.4. The lowest BCUT2D eigenvalue weighted by Crippen LogP contribution is -2.32. The molecule has 0 aliphatic heterocycles.